The molecule has 0 aliphatic rings. The van der Waals surface area contributed by atoms with Crippen LogP contribution in [0.15, 0.2) is 23.7 Å². The van der Waals surface area contributed by atoms with E-state index in [2.05, 4.69) is 24.2 Å². The maximum Gasteiger partial charge on any atom is 0.0461 e. The monoisotopic (exact) mass is 195 g/mol. The van der Waals surface area contributed by atoms with E-state index in [0.29, 0.717) is 0 Å². The van der Waals surface area contributed by atoms with Crippen molar-refractivity contribution in [2.75, 3.05) is 0 Å². The van der Waals surface area contributed by atoms with Gasteiger partial charge < -0.3 is 4.98 Å². The average molecular weight is 195 g/mol. The lowest BCUT2D eigenvalue weighted by Gasteiger charge is -1.78. The number of thiol groups is 1. The molecule has 0 bridgehead atoms. The highest BCUT2D eigenvalue weighted by molar-refractivity contribution is 7.80. The first-order valence-corrected chi connectivity index (χ1v) is 4.89. The Bertz CT molecular complexity index is 360. The molecule has 72 valence electrons. The summed E-state index contributed by atoms with van der Waals surface area (Å²) >= 11 is 4.27. The Balaban J connectivity index is 0.000000671. The molecule has 0 fully saturated rings. The zero-order valence-corrected chi connectivity index (χ0v) is 9.36. The normalized spacial score (nSPS) is 12.3. The van der Waals surface area contributed by atoms with Gasteiger partial charge in [0.2, 0.25) is 0 Å². The summed E-state index contributed by atoms with van der Waals surface area (Å²) in [4.78, 5) is 4.06. The average Bonchev–Trinajstić information content (AvgIpc) is 2.51. The highest BCUT2D eigenvalue weighted by Gasteiger charge is 1.89. The van der Waals surface area contributed by atoms with Gasteiger partial charge in [0, 0.05) is 21.7 Å². The number of nitrogens with one attached hydrogen (secondary N) is 1. The van der Waals surface area contributed by atoms with Crippen molar-refractivity contribution in [2.45, 2.75) is 25.7 Å². The number of hydrogen-bond donors (Lipinski definition) is 2. The standard InChI is InChI=1S/C9H11NS.C2H6/c1-3-5-8-7(4-2)9(11)6-10-8;1-2/h3-6,10-11H,1H2,2H3;1-2H3/b7-4+,8-5+;. The van der Waals surface area contributed by atoms with Crippen LogP contribution in [0.3, 0.4) is 0 Å². The van der Waals surface area contributed by atoms with Crippen molar-refractivity contribution in [3.63, 3.8) is 0 Å². The van der Waals surface area contributed by atoms with Crippen LogP contribution in [0.25, 0.3) is 12.2 Å². The van der Waals surface area contributed by atoms with E-state index in [-0.39, 0.29) is 0 Å². The largest absolute Gasteiger partial charge is 0.360 e. The molecule has 1 nitrogen and oxygen atoms in total. The fourth-order valence-electron chi connectivity index (χ4n) is 0.999. The van der Waals surface area contributed by atoms with Gasteiger partial charge in [-0.05, 0) is 13.0 Å². The Hall–Kier alpha value is -0.890. The van der Waals surface area contributed by atoms with E-state index in [1.165, 1.54) is 0 Å². The zero-order valence-electron chi connectivity index (χ0n) is 8.46. The van der Waals surface area contributed by atoms with Crippen LogP contribution < -0.4 is 10.6 Å². The first kappa shape index (κ1) is 12.1. The fraction of sp³-hybridized carbons (Fsp3) is 0.273. The van der Waals surface area contributed by atoms with E-state index in [9.17, 15) is 0 Å². The van der Waals surface area contributed by atoms with Gasteiger partial charge in [-0.1, -0.05) is 32.6 Å². The Morgan fingerprint density at radius 3 is 2.54 bits per heavy atom. The molecule has 1 aromatic heterocycles. The summed E-state index contributed by atoms with van der Waals surface area (Å²) in [5, 5.41) is 2.20. The van der Waals surface area contributed by atoms with Crippen LogP contribution >= 0.6 is 12.6 Å². The van der Waals surface area contributed by atoms with Crippen molar-refractivity contribution in [1.29, 1.82) is 0 Å². The van der Waals surface area contributed by atoms with Crippen LogP contribution in [-0.4, -0.2) is 4.98 Å². The topological polar surface area (TPSA) is 15.8 Å². The van der Waals surface area contributed by atoms with Crippen LogP contribution in [0.5, 0.6) is 0 Å². The van der Waals surface area contributed by atoms with E-state index in [1.807, 2.05) is 39.1 Å². The molecule has 0 unspecified atom stereocenters. The van der Waals surface area contributed by atoms with Gasteiger partial charge in [0.1, 0.15) is 0 Å². The number of H-pyrrole nitrogens is 1. The Morgan fingerprint density at radius 2 is 2.08 bits per heavy atom. The van der Waals surface area contributed by atoms with Gasteiger partial charge in [-0.2, -0.15) is 0 Å². The van der Waals surface area contributed by atoms with Crippen molar-refractivity contribution in [3.8, 4) is 0 Å². The maximum absolute atomic E-state index is 4.27. The molecule has 1 heterocycles. The second-order valence-electron chi connectivity index (χ2n) is 2.19. The summed E-state index contributed by atoms with van der Waals surface area (Å²) in [6.07, 6.45) is 7.57. The molecule has 0 amide bonds. The van der Waals surface area contributed by atoms with Crippen molar-refractivity contribution in [3.05, 3.63) is 29.4 Å². The first-order chi connectivity index (χ1) is 6.29. The van der Waals surface area contributed by atoms with E-state index in [1.54, 1.807) is 6.08 Å². The van der Waals surface area contributed by atoms with E-state index >= 15 is 0 Å². The maximum atomic E-state index is 4.27. The lowest BCUT2D eigenvalue weighted by Crippen LogP contribution is -2.22. The van der Waals surface area contributed by atoms with Gasteiger partial charge in [0.05, 0.1) is 0 Å². The second-order valence-corrected chi connectivity index (χ2v) is 2.67. The molecule has 0 aromatic carbocycles. The summed E-state index contributed by atoms with van der Waals surface area (Å²) in [5.41, 5.74) is 0. The Labute approximate surface area is 85.3 Å². The molecular formula is C11H17NS. The van der Waals surface area contributed by atoms with Crippen LogP contribution in [0.2, 0.25) is 0 Å². The predicted octanol–water partition coefficient (Wildman–Crippen LogP) is 2.10. The number of rotatable bonds is 1. The van der Waals surface area contributed by atoms with E-state index in [4.69, 9.17) is 0 Å². The summed E-state index contributed by atoms with van der Waals surface area (Å²) in [5.74, 6) is 0. The molecule has 0 saturated carbocycles. The minimum atomic E-state index is 0.973. The highest BCUT2D eigenvalue weighted by atomic mass is 32.1. The third kappa shape index (κ3) is 3.15. The summed E-state index contributed by atoms with van der Waals surface area (Å²) in [7, 11) is 0. The molecule has 0 radical (unpaired) electrons. The summed E-state index contributed by atoms with van der Waals surface area (Å²) in [6.45, 7) is 9.62. The zero-order chi connectivity index (χ0) is 10.3. The number of hydrogen-bond acceptors (Lipinski definition) is 1. The van der Waals surface area contributed by atoms with Crippen LogP contribution in [0, 0.1) is 0 Å². The molecule has 1 N–H and O–H groups in total. The van der Waals surface area contributed by atoms with Crippen molar-refractivity contribution in [1.82, 2.24) is 4.98 Å². The van der Waals surface area contributed by atoms with Crippen molar-refractivity contribution < 1.29 is 0 Å². The molecule has 1 aromatic rings. The van der Waals surface area contributed by atoms with Gasteiger partial charge in [0.15, 0.2) is 0 Å². The molecular weight excluding hydrogens is 178 g/mol. The van der Waals surface area contributed by atoms with Gasteiger partial charge in [0.25, 0.3) is 0 Å². The van der Waals surface area contributed by atoms with Gasteiger partial charge in [-0.15, -0.1) is 12.6 Å². The Kier molecular flexibility index (Phi) is 6.15. The third-order valence-electron chi connectivity index (χ3n) is 1.50. The minimum Gasteiger partial charge on any atom is -0.360 e. The van der Waals surface area contributed by atoms with Crippen LogP contribution in [0.4, 0.5) is 0 Å². The quantitative estimate of drug-likeness (QED) is 0.638. The van der Waals surface area contributed by atoms with Crippen LogP contribution in [0.1, 0.15) is 20.8 Å². The second kappa shape index (κ2) is 6.61. The molecule has 13 heavy (non-hydrogen) atoms. The molecule has 0 aliphatic heterocycles. The van der Waals surface area contributed by atoms with Gasteiger partial charge in [-0.25, -0.2) is 0 Å². The molecule has 0 atom stereocenters. The summed E-state index contributed by atoms with van der Waals surface area (Å²) < 4.78 is 0. The number of aromatic nitrogens is 1. The molecule has 0 saturated heterocycles. The first-order valence-electron chi connectivity index (χ1n) is 4.45. The van der Waals surface area contributed by atoms with Gasteiger partial charge >= 0.3 is 0 Å². The van der Waals surface area contributed by atoms with Gasteiger partial charge in [-0.3, -0.25) is 0 Å². The SMILES string of the molecule is C=C/C=c1/[nH]cc(S)/c1=C/C.CC. The molecule has 0 spiro atoms. The minimum absolute atomic E-state index is 0.973. The van der Waals surface area contributed by atoms with E-state index in [0.717, 1.165) is 15.5 Å². The molecule has 0 aliphatic carbocycles. The predicted molar refractivity (Wildman–Crippen MR) is 63.4 cm³/mol. The van der Waals surface area contributed by atoms with Crippen LogP contribution in [-0.2, 0) is 0 Å². The smallest absolute Gasteiger partial charge is 0.0461 e. The van der Waals surface area contributed by atoms with Crippen molar-refractivity contribution >= 4 is 24.8 Å². The van der Waals surface area contributed by atoms with E-state index < -0.39 is 0 Å². The highest BCUT2D eigenvalue weighted by Crippen LogP contribution is 1.90. The number of allylic oxidation sites excluding steroid dienone is 1. The molecule has 2 heteroatoms. The molecule has 1 rings (SSSR count). The fourth-order valence-corrected chi connectivity index (χ4v) is 1.31. The number of aromatic amines is 1. The lowest BCUT2D eigenvalue weighted by atomic mass is 10.4. The summed E-state index contributed by atoms with van der Waals surface area (Å²) in [6, 6.07) is 0. The van der Waals surface area contributed by atoms with Crippen molar-refractivity contribution in [2.24, 2.45) is 0 Å². The lowest BCUT2D eigenvalue weighted by molar-refractivity contribution is 1.31. The third-order valence-corrected chi connectivity index (χ3v) is 1.87. The Morgan fingerprint density at radius 1 is 1.46 bits per heavy atom.